The zero-order valence-electron chi connectivity index (χ0n) is 8.12. The van der Waals surface area contributed by atoms with Crippen molar-refractivity contribution in [1.29, 1.82) is 5.26 Å². The first-order valence-corrected chi connectivity index (χ1v) is 5.26. The molecule has 1 aromatic heterocycles. The van der Waals surface area contributed by atoms with E-state index in [9.17, 15) is 0 Å². The average molecular weight is 262 g/mol. The zero-order chi connectivity index (χ0) is 10.8. The molecule has 0 bridgehead atoms. The molecule has 0 aliphatic carbocycles. The van der Waals surface area contributed by atoms with Crippen LogP contribution in [-0.2, 0) is 0 Å². The first kappa shape index (κ1) is 10.0. The predicted octanol–water partition coefficient (Wildman–Crippen LogP) is 3.89. The monoisotopic (exact) mass is 261 g/mol. The summed E-state index contributed by atoms with van der Waals surface area (Å²) in [6.07, 6.45) is 0. The molecular formula is C12H8BrNO. The van der Waals surface area contributed by atoms with Gasteiger partial charge in [0.2, 0.25) is 5.76 Å². The first-order chi connectivity index (χ1) is 7.20. The Labute approximate surface area is 96.3 Å². The van der Waals surface area contributed by atoms with Crippen molar-refractivity contribution in [3.8, 4) is 17.4 Å². The van der Waals surface area contributed by atoms with Crippen molar-refractivity contribution in [3.05, 3.63) is 46.1 Å². The Bertz CT molecular complexity index is 537. The maximum Gasteiger partial charge on any atom is 0.204 e. The normalized spacial score (nSPS) is 9.93. The minimum Gasteiger partial charge on any atom is -0.446 e. The van der Waals surface area contributed by atoms with Crippen molar-refractivity contribution < 1.29 is 4.42 Å². The number of aryl methyl sites for hydroxylation is 1. The smallest absolute Gasteiger partial charge is 0.204 e. The largest absolute Gasteiger partial charge is 0.446 e. The Morgan fingerprint density at radius 1 is 1.27 bits per heavy atom. The van der Waals surface area contributed by atoms with Gasteiger partial charge < -0.3 is 4.42 Å². The molecule has 0 saturated carbocycles. The van der Waals surface area contributed by atoms with Gasteiger partial charge in [-0.3, -0.25) is 0 Å². The van der Waals surface area contributed by atoms with E-state index < -0.39 is 0 Å². The zero-order valence-corrected chi connectivity index (χ0v) is 9.71. The molecule has 15 heavy (non-hydrogen) atoms. The van der Waals surface area contributed by atoms with Crippen LogP contribution in [0.2, 0.25) is 0 Å². The predicted molar refractivity (Wildman–Crippen MR) is 61.3 cm³/mol. The number of furan rings is 1. The Balaban J connectivity index is 2.50. The minimum absolute atomic E-state index is 0.340. The second-order valence-electron chi connectivity index (χ2n) is 3.23. The second kappa shape index (κ2) is 3.92. The third-order valence-electron chi connectivity index (χ3n) is 2.17. The summed E-state index contributed by atoms with van der Waals surface area (Å²) in [5.41, 5.74) is 2.13. The molecule has 2 rings (SSSR count). The fraction of sp³-hybridized carbons (Fsp3) is 0.0833. The molecule has 0 aliphatic rings. The SMILES string of the molecule is Cc1cc(Br)ccc1-c1ccc(C#N)o1. The molecule has 0 saturated heterocycles. The molecule has 0 N–H and O–H groups in total. The van der Waals surface area contributed by atoms with Gasteiger partial charge in [0.15, 0.2) is 0 Å². The third kappa shape index (κ3) is 1.95. The van der Waals surface area contributed by atoms with Crippen molar-refractivity contribution in [1.82, 2.24) is 0 Å². The number of nitriles is 1. The Hall–Kier alpha value is -1.53. The van der Waals surface area contributed by atoms with Crippen LogP contribution in [0.4, 0.5) is 0 Å². The average Bonchev–Trinajstić information content (AvgIpc) is 2.66. The highest BCUT2D eigenvalue weighted by Crippen LogP contribution is 2.27. The minimum atomic E-state index is 0.340. The summed E-state index contributed by atoms with van der Waals surface area (Å²) in [5, 5.41) is 8.66. The summed E-state index contributed by atoms with van der Waals surface area (Å²) < 4.78 is 6.40. The molecule has 0 amide bonds. The van der Waals surface area contributed by atoms with Crippen LogP contribution in [0.25, 0.3) is 11.3 Å². The van der Waals surface area contributed by atoms with Crippen molar-refractivity contribution >= 4 is 15.9 Å². The highest BCUT2D eigenvalue weighted by Gasteiger charge is 2.06. The maximum absolute atomic E-state index is 8.66. The molecular weight excluding hydrogens is 254 g/mol. The van der Waals surface area contributed by atoms with Crippen LogP contribution in [0.5, 0.6) is 0 Å². The third-order valence-corrected chi connectivity index (χ3v) is 2.66. The van der Waals surface area contributed by atoms with E-state index in [2.05, 4.69) is 15.9 Å². The number of benzene rings is 1. The molecule has 0 aliphatic heterocycles. The van der Waals surface area contributed by atoms with Crippen LogP contribution < -0.4 is 0 Å². The lowest BCUT2D eigenvalue weighted by Crippen LogP contribution is -1.80. The molecule has 0 fully saturated rings. The van der Waals surface area contributed by atoms with Gasteiger partial charge in [0.1, 0.15) is 11.8 Å². The molecule has 1 aromatic carbocycles. The van der Waals surface area contributed by atoms with Crippen LogP contribution >= 0.6 is 15.9 Å². The van der Waals surface area contributed by atoms with Gasteiger partial charge in [-0.25, -0.2) is 0 Å². The lowest BCUT2D eigenvalue weighted by atomic mass is 10.1. The summed E-state index contributed by atoms with van der Waals surface area (Å²) in [6, 6.07) is 11.4. The fourth-order valence-corrected chi connectivity index (χ4v) is 1.92. The van der Waals surface area contributed by atoms with E-state index in [4.69, 9.17) is 9.68 Å². The highest BCUT2D eigenvalue weighted by atomic mass is 79.9. The van der Waals surface area contributed by atoms with Crippen molar-refractivity contribution in [2.75, 3.05) is 0 Å². The van der Waals surface area contributed by atoms with Crippen molar-refractivity contribution in [3.63, 3.8) is 0 Å². The molecule has 0 unspecified atom stereocenters. The summed E-state index contributed by atoms with van der Waals surface area (Å²) in [5.74, 6) is 1.07. The quantitative estimate of drug-likeness (QED) is 0.781. The van der Waals surface area contributed by atoms with Gasteiger partial charge in [0.25, 0.3) is 0 Å². The topological polar surface area (TPSA) is 36.9 Å². The summed E-state index contributed by atoms with van der Waals surface area (Å²) >= 11 is 3.40. The van der Waals surface area contributed by atoms with Crippen LogP contribution in [-0.4, -0.2) is 0 Å². The van der Waals surface area contributed by atoms with Crippen molar-refractivity contribution in [2.45, 2.75) is 6.92 Å². The summed E-state index contributed by atoms with van der Waals surface area (Å²) in [7, 11) is 0. The number of rotatable bonds is 1. The first-order valence-electron chi connectivity index (χ1n) is 4.47. The van der Waals surface area contributed by atoms with Crippen LogP contribution in [0, 0.1) is 18.3 Å². The van der Waals surface area contributed by atoms with Crippen molar-refractivity contribution in [2.24, 2.45) is 0 Å². The lowest BCUT2D eigenvalue weighted by Gasteiger charge is -2.02. The molecule has 2 aromatic rings. The molecule has 0 atom stereocenters. The molecule has 3 heteroatoms. The van der Waals surface area contributed by atoms with E-state index in [0.717, 1.165) is 21.4 Å². The van der Waals surface area contributed by atoms with E-state index in [1.807, 2.05) is 37.3 Å². The molecule has 2 nitrogen and oxygen atoms in total. The number of halogens is 1. The molecule has 0 radical (unpaired) electrons. The van der Waals surface area contributed by atoms with E-state index >= 15 is 0 Å². The number of hydrogen-bond acceptors (Lipinski definition) is 2. The van der Waals surface area contributed by atoms with Gasteiger partial charge in [-0.1, -0.05) is 15.9 Å². The van der Waals surface area contributed by atoms with Gasteiger partial charge in [-0.15, -0.1) is 0 Å². The van der Waals surface area contributed by atoms with E-state index in [1.165, 1.54) is 0 Å². The van der Waals surface area contributed by atoms with Gasteiger partial charge in [-0.2, -0.15) is 5.26 Å². The van der Waals surface area contributed by atoms with E-state index in [-0.39, 0.29) is 0 Å². The molecule has 0 spiro atoms. The molecule has 74 valence electrons. The summed E-state index contributed by atoms with van der Waals surface area (Å²) in [4.78, 5) is 0. The highest BCUT2D eigenvalue weighted by molar-refractivity contribution is 9.10. The molecule has 1 heterocycles. The van der Waals surface area contributed by atoms with Crippen LogP contribution in [0.3, 0.4) is 0 Å². The van der Waals surface area contributed by atoms with Crippen LogP contribution in [0.1, 0.15) is 11.3 Å². The summed E-state index contributed by atoms with van der Waals surface area (Å²) in [6.45, 7) is 2.01. The lowest BCUT2D eigenvalue weighted by molar-refractivity contribution is 0.567. The van der Waals surface area contributed by atoms with E-state index in [0.29, 0.717) is 5.76 Å². The van der Waals surface area contributed by atoms with Gasteiger partial charge in [0, 0.05) is 10.0 Å². The van der Waals surface area contributed by atoms with Gasteiger partial charge >= 0.3 is 0 Å². The Morgan fingerprint density at radius 3 is 2.67 bits per heavy atom. The number of hydrogen-bond donors (Lipinski definition) is 0. The number of nitrogens with zero attached hydrogens (tertiary/aromatic N) is 1. The second-order valence-corrected chi connectivity index (χ2v) is 4.15. The Morgan fingerprint density at radius 2 is 2.07 bits per heavy atom. The van der Waals surface area contributed by atoms with Gasteiger partial charge in [0.05, 0.1) is 0 Å². The standard InChI is InChI=1S/C12H8BrNO/c1-8-6-9(13)2-4-11(8)12-5-3-10(7-14)15-12/h2-6H,1H3. The van der Waals surface area contributed by atoms with E-state index in [1.54, 1.807) is 6.07 Å². The van der Waals surface area contributed by atoms with Crippen LogP contribution in [0.15, 0.2) is 39.2 Å². The fourth-order valence-electron chi connectivity index (χ4n) is 1.45. The maximum atomic E-state index is 8.66. The Kier molecular flexibility index (Phi) is 2.61. The van der Waals surface area contributed by atoms with Gasteiger partial charge in [-0.05, 0) is 42.8 Å².